The fraction of sp³-hybridized carbons (Fsp3) is 0.833. The lowest BCUT2D eigenvalue weighted by molar-refractivity contribution is -0.562. The van der Waals surface area contributed by atoms with Gasteiger partial charge in [0.2, 0.25) is 0 Å². The molecule has 0 N–H and O–H groups in total. The van der Waals surface area contributed by atoms with E-state index in [1.165, 1.54) is 18.7 Å². The zero-order valence-electron chi connectivity index (χ0n) is 25.2. The number of alkyl halides is 4. The van der Waals surface area contributed by atoms with Crippen LogP contribution < -0.4 is 0 Å². The molecule has 0 aromatic heterocycles. The molecule has 12 heteroatoms. The molecule has 8 unspecified atom stereocenters. The summed E-state index contributed by atoms with van der Waals surface area (Å²) in [5, 5.41) is -0.248. The maximum atomic E-state index is 11.2. The SMILES string of the molecule is CCCCC[N+]1=C(C=CC=C2N(CC)C3CC(Cl)C(Cl)CC3N2CCCCS(=O)(=O)[O-])N(CC)C2CC(Cl)C(Cl)CC21. The van der Waals surface area contributed by atoms with Gasteiger partial charge in [-0.1, -0.05) is 19.4 Å². The first-order chi connectivity index (χ1) is 20.0. The molecule has 0 radical (unpaired) electrons. The van der Waals surface area contributed by atoms with E-state index in [9.17, 15) is 13.0 Å². The van der Waals surface area contributed by atoms with E-state index in [0.717, 1.165) is 57.6 Å². The molecule has 2 aliphatic carbocycles. The molecule has 4 aliphatic rings. The first-order valence-electron chi connectivity index (χ1n) is 15.8. The van der Waals surface area contributed by atoms with Crippen LogP contribution in [0.3, 0.4) is 0 Å². The van der Waals surface area contributed by atoms with Gasteiger partial charge in [-0.15, -0.1) is 46.4 Å². The van der Waals surface area contributed by atoms with Crippen LogP contribution in [0.5, 0.6) is 0 Å². The Morgan fingerprint density at radius 1 is 0.810 bits per heavy atom. The molecular weight excluding hydrogens is 638 g/mol. The van der Waals surface area contributed by atoms with E-state index < -0.39 is 10.1 Å². The molecule has 0 spiro atoms. The van der Waals surface area contributed by atoms with E-state index in [1.54, 1.807) is 0 Å². The van der Waals surface area contributed by atoms with E-state index in [1.807, 2.05) is 0 Å². The van der Waals surface area contributed by atoms with Crippen LogP contribution in [-0.4, -0.2) is 116 Å². The molecular formula is C30H48Cl4N4O3S. The Bertz CT molecular complexity index is 1120. The van der Waals surface area contributed by atoms with Gasteiger partial charge in [-0.2, -0.15) is 0 Å². The third-order valence-corrected chi connectivity index (χ3v) is 12.5. The lowest BCUT2D eigenvalue weighted by atomic mass is 9.89. The summed E-state index contributed by atoms with van der Waals surface area (Å²) in [6.07, 6.45) is 14.4. The minimum atomic E-state index is -4.22. The Kier molecular flexibility index (Phi) is 12.5. The second kappa shape index (κ2) is 15.3. The predicted octanol–water partition coefficient (Wildman–Crippen LogP) is 5.78. The maximum Gasteiger partial charge on any atom is 0.272 e. The Hall–Kier alpha value is -0.380. The summed E-state index contributed by atoms with van der Waals surface area (Å²) in [6.45, 7) is 10.0. The largest absolute Gasteiger partial charge is 0.748 e. The van der Waals surface area contributed by atoms with Crippen molar-refractivity contribution in [1.29, 1.82) is 0 Å². The van der Waals surface area contributed by atoms with Gasteiger partial charge in [0.1, 0.15) is 17.9 Å². The molecule has 2 saturated carbocycles. The van der Waals surface area contributed by atoms with Crippen molar-refractivity contribution in [2.75, 3.05) is 31.9 Å². The molecule has 2 aliphatic heterocycles. The summed E-state index contributed by atoms with van der Waals surface area (Å²) < 4.78 is 36.2. The van der Waals surface area contributed by atoms with Gasteiger partial charge in [0.15, 0.2) is 0 Å². The normalized spacial score (nSPS) is 34.7. The van der Waals surface area contributed by atoms with Crippen LogP contribution in [0, 0.1) is 0 Å². The molecule has 0 amide bonds. The summed E-state index contributed by atoms with van der Waals surface area (Å²) in [6, 6.07) is 1.17. The van der Waals surface area contributed by atoms with Crippen molar-refractivity contribution in [2.24, 2.45) is 0 Å². The van der Waals surface area contributed by atoms with Crippen molar-refractivity contribution in [3.05, 3.63) is 24.0 Å². The van der Waals surface area contributed by atoms with Gasteiger partial charge >= 0.3 is 0 Å². The number of unbranched alkanes of at least 4 members (excludes halogenated alkanes) is 3. The third-order valence-electron chi connectivity index (χ3n) is 9.54. The second-order valence-electron chi connectivity index (χ2n) is 12.2. The fourth-order valence-electron chi connectivity index (χ4n) is 7.54. The van der Waals surface area contributed by atoms with E-state index in [-0.39, 0.29) is 39.3 Å². The van der Waals surface area contributed by atoms with Gasteiger partial charge in [-0.05, 0) is 58.4 Å². The number of nitrogens with zero attached hydrogens (tertiary/aromatic N) is 4. The van der Waals surface area contributed by atoms with Crippen LogP contribution in [0.25, 0.3) is 0 Å². The van der Waals surface area contributed by atoms with Crippen LogP contribution >= 0.6 is 46.4 Å². The van der Waals surface area contributed by atoms with Crippen LogP contribution in [0.1, 0.15) is 78.6 Å². The predicted molar refractivity (Wildman–Crippen MR) is 174 cm³/mol. The van der Waals surface area contributed by atoms with E-state index in [4.69, 9.17) is 46.4 Å². The Labute approximate surface area is 273 Å². The van der Waals surface area contributed by atoms with E-state index >= 15 is 0 Å². The molecule has 0 bridgehead atoms. The van der Waals surface area contributed by atoms with Crippen molar-refractivity contribution < 1.29 is 17.5 Å². The molecule has 7 nitrogen and oxygen atoms in total. The van der Waals surface area contributed by atoms with Crippen molar-refractivity contribution in [1.82, 2.24) is 14.7 Å². The molecule has 8 atom stereocenters. The molecule has 42 heavy (non-hydrogen) atoms. The molecule has 2 heterocycles. The smallest absolute Gasteiger partial charge is 0.272 e. The van der Waals surface area contributed by atoms with E-state index in [0.29, 0.717) is 31.5 Å². The van der Waals surface area contributed by atoms with Gasteiger partial charge in [0.05, 0.1) is 56.8 Å². The van der Waals surface area contributed by atoms with Crippen LogP contribution in [0.15, 0.2) is 24.0 Å². The molecule has 0 aromatic rings. The molecule has 4 rings (SSSR count). The van der Waals surface area contributed by atoms with Gasteiger partial charge in [-0.3, -0.25) is 9.48 Å². The van der Waals surface area contributed by atoms with Crippen molar-refractivity contribution >= 4 is 62.4 Å². The summed E-state index contributed by atoms with van der Waals surface area (Å²) in [7, 11) is -4.22. The monoisotopic (exact) mass is 684 g/mol. The molecule has 0 aromatic carbocycles. The summed E-state index contributed by atoms with van der Waals surface area (Å²) >= 11 is 26.7. The molecule has 3 fully saturated rings. The number of fused-ring (bicyclic) bond motifs is 2. The van der Waals surface area contributed by atoms with Crippen LogP contribution in [0.4, 0.5) is 0 Å². The average Bonchev–Trinajstić information content (AvgIpc) is 3.37. The molecule has 1 saturated heterocycles. The summed E-state index contributed by atoms with van der Waals surface area (Å²) in [4.78, 5) is 7.30. The standard InChI is InChI=1S/C30H48Cl4N4O3S/c1-4-7-8-14-37-27-19-23(33)21(31)17-25(27)35(5-2)29(37)12-11-13-30-36(6-3)26-18-22(32)24(34)20-28(26)38(30)15-9-10-16-42(39,40)41/h11-13,21-28H,4-10,14-20H2,1-3H3. The number of likely N-dealkylation sites (N-methyl/N-ethyl adjacent to an activating group) is 2. The second-order valence-corrected chi connectivity index (χ2v) is 15.9. The average molecular weight is 687 g/mol. The fourth-order valence-corrected chi connectivity index (χ4v) is 9.24. The lowest BCUT2D eigenvalue weighted by Crippen LogP contribution is -2.48. The van der Waals surface area contributed by atoms with Gasteiger partial charge in [0, 0.05) is 37.8 Å². The molecule has 240 valence electrons. The Balaban J connectivity index is 1.64. The Morgan fingerprint density at radius 2 is 1.40 bits per heavy atom. The zero-order chi connectivity index (χ0) is 30.6. The quantitative estimate of drug-likeness (QED) is 0.106. The highest BCUT2D eigenvalue weighted by Gasteiger charge is 2.51. The van der Waals surface area contributed by atoms with Gasteiger partial charge < -0.3 is 14.4 Å². The van der Waals surface area contributed by atoms with E-state index in [2.05, 4.69) is 58.3 Å². The highest BCUT2D eigenvalue weighted by atomic mass is 35.5. The summed E-state index contributed by atoms with van der Waals surface area (Å²) in [5.74, 6) is 2.02. The third kappa shape index (κ3) is 7.88. The van der Waals surface area contributed by atoms with Crippen LogP contribution in [0.2, 0.25) is 0 Å². The first-order valence-corrected chi connectivity index (χ1v) is 19.1. The lowest BCUT2D eigenvalue weighted by Gasteiger charge is -2.37. The Morgan fingerprint density at radius 3 is 2.00 bits per heavy atom. The van der Waals surface area contributed by atoms with Crippen molar-refractivity contribution in [3.63, 3.8) is 0 Å². The zero-order valence-corrected chi connectivity index (χ0v) is 29.0. The maximum absolute atomic E-state index is 11.2. The number of hydrogen-bond donors (Lipinski definition) is 0. The summed E-state index contributed by atoms with van der Waals surface area (Å²) in [5.41, 5.74) is 0. The first kappa shape index (κ1) is 34.5. The van der Waals surface area contributed by atoms with Gasteiger partial charge in [-0.25, -0.2) is 8.42 Å². The number of amidine groups is 1. The highest BCUT2D eigenvalue weighted by molar-refractivity contribution is 7.85. The number of rotatable bonds is 13. The van der Waals surface area contributed by atoms with Crippen LogP contribution in [-0.2, 0) is 10.1 Å². The van der Waals surface area contributed by atoms with Crippen molar-refractivity contribution in [3.8, 4) is 0 Å². The number of allylic oxidation sites excluding steroid dienone is 2. The number of halogens is 4. The minimum absolute atomic E-state index is 0.0210. The highest BCUT2D eigenvalue weighted by Crippen LogP contribution is 2.42. The van der Waals surface area contributed by atoms with Gasteiger partial charge in [0.25, 0.3) is 5.84 Å². The topological polar surface area (TPSA) is 69.9 Å². The minimum Gasteiger partial charge on any atom is -0.748 e. The van der Waals surface area contributed by atoms with Crippen molar-refractivity contribution in [2.45, 2.75) is 124 Å². The number of hydrogen-bond acceptors (Lipinski definition) is 6.